The van der Waals surface area contributed by atoms with E-state index in [4.69, 9.17) is 0 Å². The van der Waals surface area contributed by atoms with Crippen LogP contribution >= 0.6 is 0 Å². The lowest BCUT2D eigenvalue weighted by atomic mass is 10.1. The molecule has 2 aromatic carbocycles. The standard InChI is InChI=1S/C23H21F6N7O5S/c24-22(25,26)13-41-21-33-19(32-20(34-21)31-16-5-3-4-14(12-16)23(27,28)29)30-15-8-10-35(11-9-15)42(39,40)18-7-2-1-6-17(18)36(37)38/h1-7,12,15H,8-11,13H2,(H2,30,31,32,33,34). The molecule has 19 heteroatoms. The number of rotatable bonds is 9. The molecule has 1 saturated heterocycles. The fourth-order valence-corrected chi connectivity index (χ4v) is 5.61. The number of para-hydroxylation sites is 1. The van der Waals surface area contributed by atoms with Crippen LogP contribution in [0, 0.1) is 10.1 Å². The van der Waals surface area contributed by atoms with E-state index in [-0.39, 0.29) is 37.6 Å². The van der Waals surface area contributed by atoms with Gasteiger partial charge in [-0.3, -0.25) is 10.1 Å². The molecule has 12 nitrogen and oxygen atoms in total. The fraction of sp³-hybridized carbons (Fsp3) is 0.348. The molecule has 42 heavy (non-hydrogen) atoms. The molecule has 4 rings (SSSR count). The van der Waals surface area contributed by atoms with E-state index < -0.39 is 68.1 Å². The quantitative estimate of drug-likeness (QED) is 0.195. The Bertz CT molecular complexity index is 1550. The van der Waals surface area contributed by atoms with Crippen LogP contribution in [0.15, 0.2) is 53.4 Å². The number of aromatic nitrogens is 3. The highest BCUT2D eigenvalue weighted by Crippen LogP contribution is 2.32. The Kier molecular flexibility index (Phi) is 8.71. The fourth-order valence-electron chi connectivity index (χ4n) is 3.98. The number of benzene rings is 2. The van der Waals surface area contributed by atoms with E-state index in [0.29, 0.717) is 0 Å². The van der Waals surface area contributed by atoms with Gasteiger partial charge in [0.2, 0.25) is 21.9 Å². The highest BCUT2D eigenvalue weighted by atomic mass is 32.2. The zero-order valence-electron chi connectivity index (χ0n) is 21.2. The molecule has 2 heterocycles. The third kappa shape index (κ3) is 7.72. The molecule has 1 aliphatic rings. The average Bonchev–Trinajstić information content (AvgIpc) is 2.91. The Hall–Kier alpha value is -4.26. The Morgan fingerprint density at radius 2 is 1.64 bits per heavy atom. The first-order valence-electron chi connectivity index (χ1n) is 12.0. The van der Waals surface area contributed by atoms with Crippen molar-refractivity contribution in [3.05, 3.63) is 64.2 Å². The van der Waals surface area contributed by atoms with Crippen LogP contribution in [0.3, 0.4) is 0 Å². The van der Waals surface area contributed by atoms with Gasteiger partial charge >= 0.3 is 18.4 Å². The van der Waals surface area contributed by atoms with Gasteiger partial charge in [-0.25, -0.2) is 8.42 Å². The Labute approximate surface area is 233 Å². The van der Waals surface area contributed by atoms with E-state index in [1.807, 2.05) is 0 Å². The predicted molar refractivity (Wildman–Crippen MR) is 135 cm³/mol. The molecular formula is C23H21F6N7O5S. The maximum absolute atomic E-state index is 13.1. The number of nitro groups is 1. The molecule has 3 aromatic rings. The summed E-state index contributed by atoms with van der Waals surface area (Å²) < 4.78 is 109. The monoisotopic (exact) mass is 621 g/mol. The number of sulfonamides is 1. The zero-order chi connectivity index (χ0) is 30.7. The minimum Gasteiger partial charge on any atom is -0.454 e. The topological polar surface area (TPSA) is 152 Å². The predicted octanol–water partition coefficient (Wildman–Crippen LogP) is 4.75. The summed E-state index contributed by atoms with van der Waals surface area (Å²) >= 11 is 0. The summed E-state index contributed by atoms with van der Waals surface area (Å²) in [7, 11) is -4.21. The molecule has 0 spiro atoms. The second-order valence-electron chi connectivity index (χ2n) is 8.92. The van der Waals surface area contributed by atoms with Gasteiger partial charge in [0.25, 0.3) is 5.69 Å². The third-order valence-electron chi connectivity index (χ3n) is 5.89. The van der Waals surface area contributed by atoms with Crippen molar-refractivity contribution in [1.29, 1.82) is 0 Å². The first-order valence-corrected chi connectivity index (χ1v) is 13.5. The second kappa shape index (κ2) is 11.9. The molecule has 0 unspecified atom stereocenters. The van der Waals surface area contributed by atoms with Crippen LogP contribution in [0.25, 0.3) is 0 Å². The van der Waals surface area contributed by atoms with Gasteiger partial charge in [0, 0.05) is 30.9 Å². The van der Waals surface area contributed by atoms with E-state index in [2.05, 4.69) is 30.3 Å². The van der Waals surface area contributed by atoms with Gasteiger partial charge in [0.05, 0.1) is 10.5 Å². The average molecular weight is 622 g/mol. The number of hydrogen-bond acceptors (Lipinski definition) is 10. The molecule has 0 amide bonds. The minimum absolute atomic E-state index is 0.0656. The third-order valence-corrected chi connectivity index (χ3v) is 7.84. The Balaban J connectivity index is 1.51. The maximum atomic E-state index is 13.1. The van der Waals surface area contributed by atoms with Crippen molar-refractivity contribution in [3.8, 4) is 6.01 Å². The van der Waals surface area contributed by atoms with Gasteiger partial charge in [-0.2, -0.15) is 45.6 Å². The van der Waals surface area contributed by atoms with Crippen LogP contribution < -0.4 is 15.4 Å². The summed E-state index contributed by atoms with van der Waals surface area (Å²) in [6.45, 7) is -1.88. The maximum Gasteiger partial charge on any atom is 0.422 e. The number of hydrogen-bond donors (Lipinski definition) is 2. The SMILES string of the molecule is O=[N+]([O-])c1ccccc1S(=O)(=O)N1CCC(Nc2nc(Nc3cccc(C(F)(F)F)c3)nc(OCC(F)(F)F)n2)CC1. The molecule has 2 N–H and O–H groups in total. The summed E-state index contributed by atoms with van der Waals surface area (Å²) in [4.78, 5) is 21.5. The van der Waals surface area contributed by atoms with Crippen molar-refractivity contribution in [1.82, 2.24) is 19.3 Å². The Morgan fingerprint density at radius 1 is 0.976 bits per heavy atom. The first kappa shape index (κ1) is 30.7. The van der Waals surface area contributed by atoms with Gasteiger partial charge in [-0.15, -0.1) is 0 Å². The van der Waals surface area contributed by atoms with Crippen molar-refractivity contribution < 1.29 is 44.4 Å². The summed E-state index contributed by atoms with van der Waals surface area (Å²) in [6, 6.07) is 7.58. The van der Waals surface area contributed by atoms with E-state index in [1.165, 1.54) is 18.2 Å². The number of anilines is 3. The van der Waals surface area contributed by atoms with E-state index >= 15 is 0 Å². The largest absolute Gasteiger partial charge is 0.454 e. The lowest BCUT2D eigenvalue weighted by Crippen LogP contribution is -2.42. The minimum atomic E-state index is -4.74. The van der Waals surface area contributed by atoms with Gasteiger partial charge < -0.3 is 15.4 Å². The Morgan fingerprint density at radius 3 is 2.29 bits per heavy atom. The lowest BCUT2D eigenvalue weighted by molar-refractivity contribution is -0.387. The van der Waals surface area contributed by atoms with Crippen molar-refractivity contribution in [3.63, 3.8) is 0 Å². The number of nitrogens with zero attached hydrogens (tertiary/aromatic N) is 5. The number of nitrogens with one attached hydrogen (secondary N) is 2. The van der Waals surface area contributed by atoms with Crippen LogP contribution in [0.4, 0.5) is 49.6 Å². The van der Waals surface area contributed by atoms with Gasteiger partial charge in [0.15, 0.2) is 11.5 Å². The molecular weight excluding hydrogens is 600 g/mol. The number of alkyl halides is 6. The molecule has 0 atom stereocenters. The summed E-state index contributed by atoms with van der Waals surface area (Å²) in [5.74, 6) is -0.697. The molecule has 0 aliphatic carbocycles. The highest BCUT2D eigenvalue weighted by molar-refractivity contribution is 7.89. The lowest BCUT2D eigenvalue weighted by Gasteiger charge is -2.31. The van der Waals surface area contributed by atoms with Gasteiger partial charge in [-0.1, -0.05) is 18.2 Å². The van der Waals surface area contributed by atoms with Crippen LogP contribution in [0.5, 0.6) is 6.01 Å². The summed E-state index contributed by atoms with van der Waals surface area (Å²) in [5.41, 5.74) is -1.68. The van der Waals surface area contributed by atoms with Crippen LogP contribution in [0.1, 0.15) is 18.4 Å². The molecule has 1 fully saturated rings. The number of halogens is 6. The molecule has 0 radical (unpaired) electrons. The second-order valence-corrected chi connectivity index (χ2v) is 10.8. The van der Waals surface area contributed by atoms with Crippen molar-refractivity contribution in [2.45, 2.75) is 36.1 Å². The molecule has 1 aliphatic heterocycles. The van der Waals surface area contributed by atoms with E-state index in [9.17, 15) is 44.9 Å². The summed E-state index contributed by atoms with van der Waals surface area (Å²) in [5, 5.41) is 16.6. The van der Waals surface area contributed by atoms with Crippen molar-refractivity contribution >= 4 is 33.3 Å². The first-order chi connectivity index (χ1) is 19.6. The molecule has 0 saturated carbocycles. The van der Waals surface area contributed by atoms with Crippen molar-refractivity contribution in [2.24, 2.45) is 0 Å². The van der Waals surface area contributed by atoms with Crippen molar-refractivity contribution in [2.75, 3.05) is 30.3 Å². The number of ether oxygens (including phenoxy) is 1. The molecule has 0 bridgehead atoms. The summed E-state index contributed by atoms with van der Waals surface area (Å²) in [6.07, 6.45) is -9.08. The van der Waals surface area contributed by atoms with Crippen LogP contribution in [-0.2, 0) is 16.2 Å². The van der Waals surface area contributed by atoms with Crippen LogP contribution in [0.2, 0.25) is 0 Å². The smallest absolute Gasteiger partial charge is 0.422 e. The molecule has 1 aromatic heterocycles. The van der Waals surface area contributed by atoms with Crippen LogP contribution in [-0.4, -0.2) is 64.5 Å². The zero-order valence-corrected chi connectivity index (χ0v) is 22.0. The normalized spacial score (nSPS) is 15.3. The highest BCUT2D eigenvalue weighted by Gasteiger charge is 2.35. The van der Waals surface area contributed by atoms with Gasteiger partial charge in [0.1, 0.15) is 0 Å². The van der Waals surface area contributed by atoms with E-state index in [1.54, 1.807) is 0 Å². The number of nitro benzene ring substituents is 1. The van der Waals surface area contributed by atoms with E-state index in [0.717, 1.165) is 34.6 Å². The number of piperidine rings is 1. The molecule has 226 valence electrons. The van der Waals surface area contributed by atoms with Gasteiger partial charge in [-0.05, 0) is 37.1 Å².